The van der Waals surface area contributed by atoms with Crippen LogP contribution < -0.4 is 16.0 Å². The number of nitrogens with one attached hydrogen (secondary N) is 1. The van der Waals surface area contributed by atoms with Gasteiger partial charge in [0.1, 0.15) is 17.2 Å². The van der Waals surface area contributed by atoms with Gasteiger partial charge in [-0.25, -0.2) is 18.7 Å². The molecule has 2 aromatic carbocycles. The van der Waals surface area contributed by atoms with Crippen molar-refractivity contribution >= 4 is 28.7 Å². The Kier molecular flexibility index (Phi) is 6.27. The molecule has 0 spiro atoms. The topological polar surface area (TPSA) is 91.8 Å². The molecule has 8 nitrogen and oxygen atoms in total. The molecule has 10 heteroatoms. The molecule has 36 heavy (non-hydrogen) atoms. The van der Waals surface area contributed by atoms with Crippen LogP contribution in [0.3, 0.4) is 0 Å². The normalized spacial score (nSPS) is 14.5. The summed E-state index contributed by atoms with van der Waals surface area (Å²) in [4.78, 5) is 25.0. The Bertz CT molecular complexity index is 1390. The minimum absolute atomic E-state index is 0.207. The third kappa shape index (κ3) is 4.47. The smallest absolute Gasteiger partial charge is 0.254 e. The van der Waals surface area contributed by atoms with E-state index in [0.29, 0.717) is 23.2 Å². The number of hydrogen-bond acceptors (Lipinski definition) is 6. The van der Waals surface area contributed by atoms with Crippen LogP contribution in [0.4, 0.5) is 26.0 Å². The number of amides is 1. The van der Waals surface area contributed by atoms with E-state index >= 15 is 0 Å². The van der Waals surface area contributed by atoms with Gasteiger partial charge >= 0.3 is 0 Å². The van der Waals surface area contributed by atoms with Gasteiger partial charge in [-0.15, -0.1) is 0 Å². The van der Waals surface area contributed by atoms with Gasteiger partial charge in [-0.2, -0.15) is 0 Å². The number of rotatable bonds is 6. The molecule has 0 radical (unpaired) electrons. The molecule has 3 N–H and O–H groups in total. The zero-order valence-electron chi connectivity index (χ0n) is 20.1. The highest BCUT2D eigenvalue weighted by Gasteiger charge is 2.20. The number of carbonyl (C=O) groups is 1. The fourth-order valence-electron chi connectivity index (χ4n) is 4.57. The molecule has 1 amide bonds. The Morgan fingerprint density at radius 1 is 1.03 bits per heavy atom. The summed E-state index contributed by atoms with van der Waals surface area (Å²) >= 11 is 0. The molecule has 5 rings (SSSR count). The number of piperazine rings is 1. The van der Waals surface area contributed by atoms with Gasteiger partial charge in [-0.05, 0) is 50.2 Å². The van der Waals surface area contributed by atoms with Crippen molar-refractivity contribution in [3.63, 3.8) is 0 Å². The lowest BCUT2D eigenvalue weighted by molar-refractivity contribution is 0.0992. The highest BCUT2D eigenvalue weighted by Crippen LogP contribution is 2.28. The van der Waals surface area contributed by atoms with Crippen LogP contribution in [0.2, 0.25) is 0 Å². The fourth-order valence-corrected chi connectivity index (χ4v) is 4.57. The van der Waals surface area contributed by atoms with E-state index in [1.165, 1.54) is 11.9 Å². The van der Waals surface area contributed by atoms with Gasteiger partial charge in [-0.1, -0.05) is 0 Å². The Hall–Kier alpha value is -4.05. The largest absolute Gasteiger partial charge is 0.369 e. The molecule has 1 saturated heterocycles. The monoisotopic (exact) mass is 491 g/mol. The number of nitrogens with zero attached hydrogens (tertiary/aromatic N) is 5. The first-order chi connectivity index (χ1) is 17.3. The summed E-state index contributed by atoms with van der Waals surface area (Å²) < 4.78 is 30.4. The summed E-state index contributed by atoms with van der Waals surface area (Å²) in [6, 6.07) is 10.8. The van der Waals surface area contributed by atoms with Crippen LogP contribution >= 0.6 is 0 Å². The Morgan fingerprint density at radius 2 is 1.69 bits per heavy atom. The number of halogens is 2. The lowest BCUT2D eigenvalue weighted by atomic mass is 10.1. The van der Waals surface area contributed by atoms with E-state index in [-0.39, 0.29) is 5.56 Å². The zero-order valence-corrected chi connectivity index (χ0v) is 20.1. The molecule has 0 atom stereocenters. The molecule has 1 fully saturated rings. The third-order valence-electron chi connectivity index (χ3n) is 6.55. The van der Waals surface area contributed by atoms with E-state index in [0.717, 1.165) is 44.0 Å². The second-order valence-electron chi connectivity index (χ2n) is 9.08. The lowest BCUT2D eigenvalue weighted by Gasteiger charge is -2.38. The van der Waals surface area contributed by atoms with E-state index in [9.17, 15) is 13.6 Å². The first kappa shape index (κ1) is 23.7. The first-order valence-corrected chi connectivity index (χ1v) is 11.8. The van der Waals surface area contributed by atoms with Crippen LogP contribution in [-0.2, 0) is 0 Å². The number of nitrogens with two attached hydrogens (primary N) is 1. The van der Waals surface area contributed by atoms with Crippen molar-refractivity contribution in [2.45, 2.75) is 19.9 Å². The molecule has 4 aromatic rings. The van der Waals surface area contributed by atoms with Gasteiger partial charge in [0.05, 0.1) is 11.9 Å². The van der Waals surface area contributed by atoms with E-state index in [2.05, 4.69) is 51.1 Å². The second-order valence-corrected chi connectivity index (χ2v) is 9.08. The number of aromatic nitrogens is 3. The summed E-state index contributed by atoms with van der Waals surface area (Å²) in [5.74, 6) is -2.72. The molecular weight excluding hydrogens is 464 g/mol. The van der Waals surface area contributed by atoms with Crippen LogP contribution in [0, 0.1) is 11.6 Å². The van der Waals surface area contributed by atoms with Crippen molar-refractivity contribution in [2.24, 2.45) is 5.73 Å². The van der Waals surface area contributed by atoms with Crippen molar-refractivity contribution in [3.05, 3.63) is 72.2 Å². The molecule has 0 bridgehead atoms. The van der Waals surface area contributed by atoms with Crippen LogP contribution in [0.15, 0.2) is 55.0 Å². The zero-order chi connectivity index (χ0) is 25.4. The maximum Gasteiger partial charge on any atom is 0.254 e. The Labute approximate surface area is 207 Å². The van der Waals surface area contributed by atoms with Gasteiger partial charge in [0.25, 0.3) is 5.91 Å². The minimum Gasteiger partial charge on any atom is -0.369 e. The Morgan fingerprint density at radius 3 is 2.31 bits per heavy atom. The first-order valence-electron chi connectivity index (χ1n) is 11.8. The molecule has 0 aliphatic carbocycles. The predicted octanol–water partition coefficient (Wildman–Crippen LogP) is 4.05. The number of carbonyl (C=O) groups excluding carboxylic acids is 1. The van der Waals surface area contributed by atoms with E-state index in [4.69, 9.17) is 5.73 Å². The molecule has 2 aromatic heterocycles. The number of benzene rings is 2. The second kappa shape index (κ2) is 9.54. The fraction of sp³-hybridized carbons (Fsp3) is 0.269. The number of anilines is 3. The molecule has 1 aliphatic rings. The van der Waals surface area contributed by atoms with Crippen molar-refractivity contribution in [2.75, 3.05) is 36.4 Å². The number of primary amides is 1. The van der Waals surface area contributed by atoms with Gasteiger partial charge in [0.2, 0.25) is 0 Å². The van der Waals surface area contributed by atoms with E-state index in [1.54, 1.807) is 16.8 Å². The van der Waals surface area contributed by atoms with Crippen LogP contribution in [0.25, 0.3) is 16.9 Å². The maximum atomic E-state index is 14.4. The number of fused-ring (bicyclic) bond motifs is 1. The molecular formula is C26H27F2N7O. The molecule has 0 saturated carbocycles. The highest BCUT2D eigenvalue weighted by molar-refractivity contribution is 5.94. The van der Waals surface area contributed by atoms with Crippen LogP contribution in [0.1, 0.15) is 24.2 Å². The lowest BCUT2D eigenvalue weighted by Crippen LogP contribution is -2.48. The van der Waals surface area contributed by atoms with Crippen molar-refractivity contribution in [3.8, 4) is 11.3 Å². The number of imidazole rings is 1. The standard InChI is InChI=1S/C26H27F2N7O/c1-16(2)33-9-11-34(12-10-33)19-5-3-18(4-6-19)32-25-26-30-7-8-35(26)22(15-31-25)17-13-20(27)23(24(29)36)21(28)14-17/h3-8,13-16H,9-12H2,1-2H3,(H2,29,36)(H,31,32). The minimum atomic E-state index is -1.16. The van der Waals surface area contributed by atoms with E-state index < -0.39 is 23.1 Å². The summed E-state index contributed by atoms with van der Waals surface area (Å²) in [7, 11) is 0. The van der Waals surface area contributed by atoms with Gasteiger partial charge in [0, 0.05) is 61.6 Å². The average Bonchev–Trinajstić information content (AvgIpc) is 3.34. The number of hydrogen-bond donors (Lipinski definition) is 2. The van der Waals surface area contributed by atoms with Crippen LogP contribution in [-0.4, -0.2) is 57.4 Å². The Balaban J connectivity index is 1.37. The highest BCUT2D eigenvalue weighted by atomic mass is 19.1. The molecule has 186 valence electrons. The van der Waals surface area contributed by atoms with Gasteiger partial charge < -0.3 is 16.0 Å². The predicted molar refractivity (Wildman–Crippen MR) is 136 cm³/mol. The van der Waals surface area contributed by atoms with Gasteiger partial charge in [0.15, 0.2) is 11.5 Å². The quantitative estimate of drug-likeness (QED) is 0.423. The summed E-state index contributed by atoms with van der Waals surface area (Å²) in [6.45, 7) is 8.53. The van der Waals surface area contributed by atoms with Crippen molar-refractivity contribution in [1.82, 2.24) is 19.3 Å². The molecule has 1 aliphatic heterocycles. The summed E-state index contributed by atoms with van der Waals surface area (Å²) in [5, 5.41) is 3.28. The summed E-state index contributed by atoms with van der Waals surface area (Å²) in [6.07, 6.45) is 4.75. The molecule has 0 unspecified atom stereocenters. The van der Waals surface area contributed by atoms with Gasteiger partial charge in [-0.3, -0.25) is 14.1 Å². The summed E-state index contributed by atoms with van der Waals surface area (Å²) in [5.41, 5.74) is 7.43. The van der Waals surface area contributed by atoms with E-state index in [1.807, 2.05) is 12.1 Å². The van der Waals surface area contributed by atoms with Crippen molar-refractivity contribution < 1.29 is 13.6 Å². The molecule has 3 heterocycles. The maximum absolute atomic E-state index is 14.4. The van der Waals surface area contributed by atoms with Crippen molar-refractivity contribution in [1.29, 1.82) is 0 Å². The average molecular weight is 492 g/mol. The third-order valence-corrected chi connectivity index (χ3v) is 6.55. The SMILES string of the molecule is CC(C)N1CCN(c2ccc(Nc3ncc(-c4cc(F)c(C(N)=O)c(F)c4)n4ccnc34)cc2)CC1. The van der Waals surface area contributed by atoms with Crippen LogP contribution in [0.5, 0.6) is 0 Å².